The molecule has 0 saturated heterocycles. The Morgan fingerprint density at radius 2 is 2.13 bits per heavy atom. The van der Waals surface area contributed by atoms with Gasteiger partial charge < -0.3 is 5.11 Å². The number of carbonyl (C=O) groups is 1. The molecule has 1 rings (SSSR count). The molecule has 0 heterocycles. The van der Waals surface area contributed by atoms with Crippen LogP contribution < -0.4 is 0 Å². The normalized spacial score (nSPS) is 12.5. The van der Waals surface area contributed by atoms with E-state index in [4.69, 9.17) is 5.11 Å². The summed E-state index contributed by atoms with van der Waals surface area (Å²) in [7, 11) is 0. The van der Waals surface area contributed by atoms with E-state index in [0.29, 0.717) is 0 Å². The molecule has 0 spiro atoms. The van der Waals surface area contributed by atoms with Crippen LogP contribution in [0.1, 0.15) is 23.6 Å². The van der Waals surface area contributed by atoms with E-state index in [1.165, 1.54) is 28.5 Å². The van der Waals surface area contributed by atoms with Crippen LogP contribution in [0.5, 0.6) is 0 Å². The highest BCUT2D eigenvalue weighted by molar-refractivity contribution is 7.99. The second-order valence-electron chi connectivity index (χ2n) is 3.72. The molecular formula is C12H16O2S. The van der Waals surface area contributed by atoms with Gasteiger partial charge in [-0.05, 0) is 31.9 Å². The summed E-state index contributed by atoms with van der Waals surface area (Å²) in [6, 6.07) is 6.27. The van der Waals surface area contributed by atoms with Gasteiger partial charge in [0.15, 0.2) is 0 Å². The van der Waals surface area contributed by atoms with E-state index in [9.17, 15) is 4.79 Å². The van der Waals surface area contributed by atoms with Gasteiger partial charge in [0.2, 0.25) is 0 Å². The molecule has 1 atom stereocenters. The number of aliphatic carboxylic acids is 1. The Kier molecular flexibility index (Phi) is 4.21. The molecule has 0 aliphatic carbocycles. The van der Waals surface area contributed by atoms with Crippen molar-refractivity contribution in [3.8, 4) is 0 Å². The van der Waals surface area contributed by atoms with Crippen LogP contribution in [0.4, 0.5) is 0 Å². The SMILES string of the molecule is Cc1ccc(CS[C@H](C)C(=O)O)c(C)c1. The molecule has 0 saturated carbocycles. The van der Waals surface area contributed by atoms with E-state index in [1.807, 2.05) is 0 Å². The van der Waals surface area contributed by atoms with Crippen molar-refractivity contribution in [2.75, 3.05) is 0 Å². The van der Waals surface area contributed by atoms with Crippen LogP contribution in [0.3, 0.4) is 0 Å². The summed E-state index contributed by atoms with van der Waals surface area (Å²) in [5.74, 6) is 0.0179. The molecule has 15 heavy (non-hydrogen) atoms. The third kappa shape index (κ3) is 3.59. The van der Waals surface area contributed by atoms with Crippen molar-refractivity contribution in [3.05, 3.63) is 34.9 Å². The molecule has 1 aromatic rings. The largest absolute Gasteiger partial charge is 0.480 e. The van der Waals surface area contributed by atoms with Crippen LogP contribution in [-0.2, 0) is 10.5 Å². The van der Waals surface area contributed by atoms with Crippen LogP contribution in [0.15, 0.2) is 18.2 Å². The Morgan fingerprint density at radius 1 is 1.47 bits per heavy atom. The first kappa shape index (κ1) is 12.1. The lowest BCUT2D eigenvalue weighted by Crippen LogP contribution is -2.11. The first-order valence-electron chi connectivity index (χ1n) is 4.91. The minimum absolute atomic E-state index is 0.342. The van der Waals surface area contributed by atoms with Crippen LogP contribution in [0.2, 0.25) is 0 Å². The molecule has 0 aliphatic heterocycles. The Labute approximate surface area is 94.7 Å². The van der Waals surface area contributed by atoms with Gasteiger partial charge in [0.05, 0.1) is 5.25 Å². The lowest BCUT2D eigenvalue weighted by molar-refractivity contribution is -0.136. The van der Waals surface area contributed by atoms with Gasteiger partial charge in [-0.25, -0.2) is 0 Å². The van der Waals surface area contributed by atoms with Crippen molar-refractivity contribution >= 4 is 17.7 Å². The van der Waals surface area contributed by atoms with Crippen molar-refractivity contribution in [1.29, 1.82) is 0 Å². The number of rotatable bonds is 4. The first-order valence-corrected chi connectivity index (χ1v) is 5.96. The van der Waals surface area contributed by atoms with E-state index in [2.05, 4.69) is 32.0 Å². The van der Waals surface area contributed by atoms with Crippen molar-refractivity contribution in [2.45, 2.75) is 31.8 Å². The van der Waals surface area contributed by atoms with E-state index < -0.39 is 5.97 Å². The van der Waals surface area contributed by atoms with Crippen LogP contribution in [0, 0.1) is 13.8 Å². The number of carboxylic acid groups (broad SMARTS) is 1. The number of thioether (sulfide) groups is 1. The maximum absolute atomic E-state index is 10.6. The first-order chi connectivity index (χ1) is 7.00. The number of carboxylic acids is 1. The number of hydrogen-bond donors (Lipinski definition) is 1. The highest BCUT2D eigenvalue weighted by Gasteiger charge is 2.11. The summed E-state index contributed by atoms with van der Waals surface area (Å²) in [5, 5.41) is 8.41. The van der Waals surface area contributed by atoms with Crippen molar-refractivity contribution in [3.63, 3.8) is 0 Å². The molecule has 0 radical (unpaired) electrons. The predicted molar refractivity (Wildman–Crippen MR) is 64.3 cm³/mol. The fraction of sp³-hybridized carbons (Fsp3) is 0.417. The Bertz CT molecular complexity index is 361. The summed E-state index contributed by atoms with van der Waals surface area (Å²) in [4.78, 5) is 10.6. The quantitative estimate of drug-likeness (QED) is 0.854. The number of hydrogen-bond acceptors (Lipinski definition) is 2. The average Bonchev–Trinajstić information content (AvgIpc) is 2.15. The Balaban J connectivity index is 2.62. The smallest absolute Gasteiger partial charge is 0.316 e. The predicted octanol–water partition coefficient (Wildman–Crippen LogP) is 3.01. The summed E-state index contributed by atoms with van der Waals surface area (Å²) < 4.78 is 0. The molecule has 0 fully saturated rings. The third-order valence-corrected chi connectivity index (χ3v) is 3.51. The van der Waals surface area contributed by atoms with Gasteiger partial charge >= 0.3 is 5.97 Å². The van der Waals surface area contributed by atoms with Gasteiger partial charge in [0.1, 0.15) is 0 Å². The molecule has 1 N–H and O–H groups in total. The van der Waals surface area contributed by atoms with E-state index in [0.717, 1.165) is 5.75 Å². The second-order valence-corrected chi connectivity index (χ2v) is 5.05. The van der Waals surface area contributed by atoms with Gasteiger partial charge in [0, 0.05) is 5.75 Å². The lowest BCUT2D eigenvalue weighted by atomic mass is 10.1. The monoisotopic (exact) mass is 224 g/mol. The molecular weight excluding hydrogens is 208 g/mol. The van der Waals surface area contributed by atoms with Gasteiger partial charge in [0.25, 0.3) is 0 Å². The molecule has 2 nitrogen and oxygen atoms in total. The van der Waals surface area contributed by atoms with Crippen LogP contribution >= 0.6 is 11.8 Å². The Morgan fingerprint density at radius 3 is 2.67 bits per heavy atom. The molecule has 0 aliphatic rings. The van der Waals surface area contributed by atoms with Gasteiger partial charge in [-0.2, -0.15) is 0 Å². The van der Waals surface area contributed by atoms with Gasteiger partial charge in [-0.1, -0.05) is 23.8 Å². The summed E-state index contributed by atoms with van der Waals surface area (Å²) >= 11 is 1.46. The number of aryl methyl sites for hydroxylation is 2. The standard InChI is InChI=1S/C12H16O2S/c1-8-4-5-11(9(2)6-8)7-15-10(3)12(13)14/h4-6,10H,7H2,1-3H3,(H,13,14)/t10-/m1/s1. The molecule has 0 unspecified atom stereocenters. The molecule has 82 valence electrons. The fourth-order valence-corrected chi connectivity index (χ4v) is 2.19. The zero-order valence-electron chi connectivity index (χ0n) is 9.28. The van der Waals surface area contributed by atoms with Gasteiger partial charge in [-0.15, -0.1) is 11.8 Å². The highest BCUT2D eigenvalue weighted by atomic mass is 32.2. The van der Waals surface area contributed by atoms with Crippen molar-refractivity contribution in [1.82, 2.24) is 0 Å². The summed E-state index contributed by atoms with van der Waals surface area (Å²) in [6.45, 7) is 5.84. The second kappa shape index (κ2) is 5.21. The van der Waals surface area contributed by atoms with Crippen molar-refractivity contribution in [2.24, 2.45) is 0 Å². The van der Waals surface area contributed by atoms with Gasteiger partial charge in [-0.3, -0.25) is 4.79 Å². The number of benzene rings is 1. The zero-order valence-corrected chi connectivity index (χ0v) is 10.1. The van der Waals surface area contributed by atoms with Crippen molar-refractivity contribution < 1.29 is 9.90 Å². The minimum atomic E-state index is -0.746. The molecule has 0 bridgehead atoms. The van der Waals surface area contributed by atoms with Crippen LogP contribution in [-0.4, -0.2) is 16.3 Å². The third-order valence-electron chi connectivity index (χ3n) is 2.33. The van der Waals surface area contributed by atoms with E-state index >= 15 is 0 Å². The summed E-state index contributed by atoms with van der Waals surface area (Å²) in [5.41, 5.74) is 3.70. The van der Waals surface area contributed by atoms with E-state index in [-0.39, 0.29) is 5.25 Å². The molecule has 0 amide bonds. The maximum Gasteiger partial charge on any atom is 0.316 e. The van der Waals surface area contributed by atoms with Crippen LogP contribution in [0.25, 0.3) is 0 Å². The molecule has 3 heteroatoms. The fourth-order valence-electron chi connectivity index (χ4n) is 1.29. The zero-order chi connectivity index (χ0) is 11.4. The summed E-state index contributed by atoms with van der Waals surface area (Å²) in [6.07, 6.45) is 0. The topological polar surface area (TPSA) is 37.3 Å². The lowest BCUT2D eigenvalue weighted by Gasteiger charge is -2.09. The van der Waals surface area contributed by atoms with E-state index in [1.54, 1.807) is 6.92 Å². The molecule has 0 aromatic heterocycles. The average molecular weight is 224 g/mol. The molecule has 1 aromatic carbocycles. The minimum Gasteiger partial charge on any atom is -0.480 e. The Hall–Kier alpha value is -0.960. The highest BCUT2D eigenvalue weighted by Crippen LogP contribution is 2.20. The maximum atomic E-state index is 10.6.